The third-order valence-electron chi connectivity index (χ3n) is 3.39. The Labute approximate surface area is 87.9 Å². The first-order valence-electron chi connectivity index (χ1n) is 4.65. The molecule has 1 aromatic carbocycles. The minimum atomic E-state index is 0.148. The molecule has 0 spiro atoms. The Kier molecular flexibility index (Phi) is 1.66. The van der Waals surface area contributed by atoms with E-state index in [2.05, 4.69) is 24.3 Å². The molecule has 68 valence electrons. The Bertz CT molecular complexity index is 348. The summed E-state index contributed by atoms with van der Waals surface area (Å²) in [7, 11) is 0. The summed E-state index contributed by atoms with van der Waals surface area (Å²) >= 11 is 12.4. The summed E-state index contributed by atoms with van der Waals surface area (Å²) in [6.07, 6.45) is 1.12. The zero-order valence-electron chi connectivity index (χ0n) is 7.08. The van der Waals surface area contributed by atoms with Crippen LogP contribution < -0.4 is 0 Å². The van der Waals surface area contributed by atoms with Crippen molar-refractivity contribution in [1.29, 1.82) is 0 Å². The average Bonchev–Trinajstić information content (AvgIpc) is 2.52. The molecule has 13 heavy (non-hydrogen) atoms. The molecular formula is C11H10Cl2. The number of alkyl halides is 2. The van der Waals surface area contributed by atoms with Crippen LogP contribution in [0.4, 0.5) is 0 Å². The van der Waals surface area contributed by atoms with E-state index in [9.17, 15) is 0 Å². The Morgan fingerprint density at radius 3 is 2.69 bits per heavy atom. The van der Waals surface area contributed by atoms with Crippen molar-refractivity contribution in [3.05, 3.63) is 35.4 Å². The van der Waals surface area contributed by atoms with Crippen LogP contribution in [0.3, 0.4) is 0 Å². The lowest BCUT2D eigenvalue weighted by molar-refractivity contribution is 0.298. The topological polar surface area (TPSA) is 0 Å². The van der Waals surface area contributed by atoms with Gasteiger partial charge < -0.3 is 0 Å². The number of hydrogen-bond acceptors (Lipinski definition) is 0. The van der Waals surface area contributed by atoms with Crippen molar-refractivity contribution >= 4 is 23.2 Å². The molecule has 0 N–H and O–H groups in total. The van der Waals surface area contributed by atoms with Crippen LogP contribution in [0.15, 0.2) is 24.3 Å². The molecule has 0 radical (unpaired) electrons. The lowest BCUT2D eigenvalue weighted by Crippen LogP contribution is -2.45. The summed E-state index contributed by atoms with van der Waals surface area (Å²) in [5, 5.41) is 0.328. The first-order chi connectivity index (χ1) is 6.29. The van der Waals surface area contributed by atoms with Gasteiger partial charge in [-0.1, -0.05) is 24.3 Å². The highest BCUT2D eigenvalue weighted by Crippen LogP contribution is 2.55. The van der Waals surface area contributed by atoms with Crippen molar-refractivity contribution in [1.82, 2.24) is 0 Å². The highest BCUT2D eigenvalue weighted by molar-refractivity contribution is 6.32. The Morgan fingerprint density at radius 2 is 1.85 bits per heavy atom. The van der Waals surface area contributed by atoms with E-state index in [-0.39, 0.29) is 10.8 Å². The molecule has 0 nitrogen and oxygen atoms in total. The molecule has 0 saturated heterocycles. The normalized spacial score (nSPS) is 40.8. The third-order valence-corrected chi connectivity index (χ3v) is 4.65. The number of benzene rings is 1. The van der Waals surface area contributed by atoms with Gasteiger partial charge in [0.05, 0.1) is 10.8 Å². The van der Waals surface area contributed by atoms with Crippen molar-refractivity contribution in [2.75, 3.05) is 0 Å². The van der Waals surface area contributed by atoms with Gasteiger partial charge in [-0.15, -0.1) is 23.2 Å². The van der Waals surface area contributed by atoms with Crippen LogP contribution in [0.1, 0.15) is 17.0 Å². The zero-order valence-corrected chi connectivity index (χ0v) is 8.59. The second kappa shape index (κ2) is 2.65. The molecule has 1 fully saturated rings. The highest BCUT2D eigenvalue weighted by Gasteiger charge is 2.53. The molecule has 1 saturated carbocycles. The van der Waals surface area contributed by atoms with E-state index in [1.807, 2.05) is 0 Å². The Morgan fingerprint density at radius 1 is 1.08 bits per heavy atom. The summed E-state index contributed by atoms with van der Waals surface area (Å²) < 4.78 is 0. The zero-order chi connectivity index (χ0) is 9.00. The maximum absolute atomic E-state index is 6.20. The summed E-state index contributed by atoms with van der Waals surface area (Å²) in [6.45, 7) is 0. The molecule has 0 heterocycles. The monoisotopic (exact) mass is 212 g/mol. The first kappa shape index (κ1) is 8.14. The van der Waals surface area contributed by atoms with Crippen LogP contribution in [0.25, 0.3) is 0 Å². The van der Waals surface area contributed by atoms with E-state index in [4.69, 9.17) is 23.2 Å². The van der Waals surface area contributed by atoms with Crippen LogP contribution in [0.5, 0.6) is 0 Å². The predicted molar refractivity (Wildman–Crippen MR) is 55.7 cm³/mol. The van der Waals surface area contributed by atoms with E-state index in [1.165, 1.54) is 11.1 Å². The fraction of sp³-hybridized carbons (Fsp3) is 0.455. The van der Waals surface area contributed by atoms with Gasteiger partial charge in [0.1, 0.15) is 0 Å². The largest absolute Gasteiger partial charge is 0.121 e. The van der Waals surface area contributed by atoms with E-state index in [0.717, 1.165) is 6.42 Å². The fourth-order valence-corrected chi connectivity index (χ4v) is 3.58. The molecule has 2 heteroatoms. The molecule has 2 aliphatic rings. The van der Waals surface area contributed by atoms with Gasteiger partial charge in [-0.3, -0.25) is 0 Å². The quantitative estimate of drug-likeness (QED) is 0.580. The summed E-state index contributed by atoms with van der Waals surface area (Å²) in [4.78, 5) is 0. The lowest BCUT2D eigenvalue weighted by atomic mass is 9.73. The molecule has 2 aliphatic carbocycles. The molecule has 0 aromatic heterocycles. The van der Waals surface area contributed by atoms with E-state index in [1.54, 1.807) is 0 Å². The summed E-state index contributed by atoms with van der Waals surface area (Å²) in [5.41, 5.74) is 2.88. The van der Waals surface area contributed by atoms with Crippen molar-refractivity contribution in [3.63, 3.8) is 0 Å². The van der Waals surface area contributed by atoms with Crippen LogP contribution in [0.2, 0.25) is 0 Å². The van der Waals surface area contributed by atoms with Crippen LogP contribution in [-0.2, 0) is 6.42 Å². The van der Waals surface area contributed by atoms with Crippen molar-refractivity contribution in [2.24, 2.45) is 5.92 Å². The molecule has 3 rings (SSSR count). The maximum Gasteiger partial charge on any atom is 0.0574 e. The minimum absolute atomic E-state index is 0.148. The highest BCUT2D eigenvalue weighted by atomic mass is 35.5. The van der Waals surface area contributed by atoms with Gasteiger partial charge in [0.25, 0.3) is 0 Å². The van der Waals surface area contributed by atoms with Gasteiger partial charge in [0, 0.05) is 5.92 Å². The van der Waals surface area contributed by atoms with Crippen molar-refractivity contribution < 1.29 is 0 Å². The van der Waals surface area contributed by atoms with E-state index in [0.29, 0.717) is 11.8 Å². The predicted octanol–water partition coefficient (Wildman–Crippen LogP) is 3.17. The second-order valence-corrected chi connectivity index (χ2v) is 4.99. The average molecular weight is 213 g/mol. The summed E-state index contributed by atoms with van der Waals surface area (Å²) in [6, 6.07) is 8.57. The van der Waals surface area contributed by atoms with Gasteiger partial charge in [-0.25, -0.2) is 0 Å². The van der Waals surface area contributed by atoms with Crippen molar-refractivity contribution in [2.45, 2.75) is 23.1 Å². The molecule has 1 aromatic rings. The standard InChI is InChI=1S/C11H10Cl2/c12-10-8-5-6-3-1-2-4-7(6)9(8)11(10)13/h1-4,8-11H,5H2/t8-,9+,10+,11+/m0/s1. The van der Waals surface area contributed by atoms with Crippen LogP contribution in [-0.4, -0.2) is 10.8 Å². The third kappa shape index (κ3) is 0.936. The van der Waals surface area contributed by atoms with E-state index < -0.39 is 0 Å². The SMILES string of the molecule is Cl[C@H]1[C@H](Cl)[C@@H]2c3ccccc3C[C@H]12. The smallest absolute Gasteiger partial charge is 0.0574 e. The minimum Gasteiger partial charge on any atom is -0.121 e. The number of hydrogen-bond donors (Lipinski definition) is 0. The van der Waals surface area contributed by atoms with Crippen molar-refractivity contribution in [3.8, 4) is 0 Å². The number of fused-ring (bicyclic) bond motifs is 3. The first-order valence-corrected chi connectivity index (χ1v) is 5.52. The molecule has 0 unspecified atom stereocenters. The lowest BCUT2D eigenvalue weighted by Gasteiger charge is -2.42. The number of halogens is 2. The molecular weight excluding hydrogens is 203 g/mol. The second-order valence-electron chi connectivity index (χ2n) is 3.98. The van der Waals surface area contributed by atoms with Crippen LogP contribution in [0, 0.1) is 5.92 Å². The number of rotatable bonds is 0. The fourth-order valence-electron chi connectivity index (χ4n) is 2.66. The molecule has 0 aliphatic heterocycles. The molecule has 0 amide bonds. The van der Waals surface area contributed by atoms with Gasteiger partial charge >= 0.3 is 0 Å². The maximum atomic E-state index is 6.20. The van der Waals surface area contributed by atoms with Gasteiger partial charge in [0.2, 0.25) is 0 Å². The van der Waals surface area contributed by atoms with Crippen LogP contribution >= 0.6 is 23.2 Å². The van der Waals surface area contributed by atoms with E-state index >= 15 is 0 Å². The molecule has 0 bridgehead atoms. The molecule has 4 atom stereocenters. The van der Waals surface area contributed by atoms with Gasteiger partial charge in [0.15, 0.2) is 0 Å². The van der Waals surface area contributed by atoms with Gasteiger partial charge in [-0.05, 0) is 23.5 Å². The summed E-state index contributed by atoms with van der Waals surface area (Å²) in [5.74, 6) is 1.13. The Hall–Kier alpha value is -0.200. The Balaban J connectivity index is 2.05. The van der Waals surface area contributed by atoms with Gasteiger partial charge in [-0.2, -0.15) is 0 Å².